The predicted molar refractivity (Wildman–Crippen MR) is 80.6 cm³/mol. The number of thiazole rings is 1. The molecule has 0 bridgehead atoms. The fourth-order valence-corrected chi connectivity index (χ4v) is 2.61. The summed E-state index contributed by atoms with van der Waals surface area (Å²) in [6, 6.07) is 0. The van der Waals surface area contributed by atoms with Gasteiger partial charge in [-0.15, -0.1) is 11.3 Å². The van der Waals surface area contributed by atoms with Crippen LogP contribution in [0, 0.1) is 0 Å². The lowest BCUT2D eigenvalue weighted by Crippen LogP contribution is -2.33. The second-order valence-electron chi connectivity index (χ2n) is 4.66. The summed E-state index contributed by atoms with van der Waals surface area (Å²) in [6.07, 6.45) is 5.06. The molecular weight excluding hydrogens is 258 g/mol. The summed E-state index contributed by atoms with van der Waals surface area (Å²) in [4.78, 5) is 18.7. The standard InChI is InChI=1S/C14H25N3OS/c1-3-5-9-17(10-6-4-2)14(18)12-11-19-13(16-12)7-8-15/h11H,3-10,15H2,1-2H3. The van der Waals surface area contributed by atoms with Crippen LogP contribution in [0.1, 0.15) is 55.0 Å². The van der Waals surface area contributed by atoms with E-state index in [9.17, 15) is 4.79 Å². The average Bonchev–Trinajstić information content (AvgIpc) is 2.87. The molecule has 0 aromatic carbocycles. The topological polar surface area (TPSA) is 59.2 Å². The van der Waals surface area contributed by atoms with E-state index in [1.807, 2.05) is 10.3 Å². The fourth-order valence-electron chi connectivity index (χ4n) is 1.82. The second-order valence-corrected chi connectivity index (χ2v) is 5.61. The summed E-state index contributed by atoms with van der Waals surface area (Å²) in [5.41, 5.74) is 6.09. The largest absolute Gasteiger partial charge is 0.337 e. The summed E-state index contributed by atoms with van der Waals surface area (Å²) in [7, 11) is 0. The lowest BCUT2D eigenvalue weighted by atomic mass is 10.2. The molecule has 0 aliphatic rings. The molecule has 108 valence electrons. The second kappa shape index (κ2) is 9.04. The molecular formula is C14H25N3OS. The number of rotatable bonds is 9. The Kier molecular flexibility index (Phi) is 7.67. The normalized spacial score (nSPS) is 10.7. The molecule has 1 rings (SSSR count). The Bertz CT molecular complexity index is 371. The maximum Gasteiger partial charge on any atom is 0.273 e. The lowest BCUT2D eigenvalue weighted by Gasteiger charge is -2.21. The first-order chi connectivity index (χ1) is 9.22. The maximum absolute atomic E-state index is 12.4. The first-order valence-corrected chi connectivity index (χ1v) is 8.04. The Morgan fingerprint density at radius 3 is 2.47 bits per heavy atom. The van der Waals surface area contributed by atoms with Crippen LogP contribution < -0.4 is 5.73 Å². The highest BCUT2D eigenvalue weighted by molar-refractivity contribution is 7.09. The Hall–Kier alpha value is -0.940. The third kappa shape index (κ3) is 5.28. The first-order valence-electron chi connectivity index (χ1n) is 7.16. The maximum atomic E-state index is 12.4. The van der Waals surface area contributed by atoms with Crippen LogP contribution in [0.4, 0.5) is 0 Å². The van der Waals surface area contributed by atoms with Crippen LogP contribution in [0.25, 0.3) is 0 Å². The molecule has 19 heavy (non-hydrogen) atoms. The minimum absolute atomic E-state index is 0.0708. The van der Waals surface area contributed by atoms with Gasteiger partial charge in [-0.25, -0.2) is 4.98 Å². The molecule has 5 heteroatoms. The van der Waals surface area contributed by atoms with Crippen molar-refractivity contribution >= 4 is 17.2 Å². The van der Waals surface area contributed by atoms with Gasteiger partial charge >= 0.3 is 0 Å². The van der Waals surface area contributed by atoms with Gasteiger partial charge in [-0.05, 0) is 19.4 Å². The highest BCUT2D eigenvalue weighted by atomic mass is 32.1. The Morgan fingerprint density at radius 2 is 1.95 bits per heavy atom. The third-order valence-corrected chi connectivity index (χ3v) is 3.89. The highest BCUT2D eigenvalue weighted by Gasteiger charge is 2.17. The van der Waals surface area contributed by atoms with E-state index in [2.05, 4.69) is 18.8 Å². The summed E-state index contributed by atoms with van der Waals surface area (Å²) in [6.45, 7) is 6.53. The van der Waals surface area contributed by atoms with Crippen LogP contribution in [-0.4, -0.2) is 35.4 Å². The number of carbonyl (C=O) groups is 1. The van der Waals surface area contributed by atoms with Crippen molar-refractivity contribution in [3.05, 3.63) is 16.1 Å². The van der Waals surface area contributed by atoms with Gasteiger partial charge in [0.1, 0.15) is 5.69 Å². The minimum atomic E-state index is 0.0708. The molecule has 0 spiro atoms. The van der Waals surface area contributed by atoms with Gasteiger partial charge in [-0.1, -0.05) is 26.7 Å². The van der Waals surface area contributed by atoms with Crippen LogP contribution in [-0.2, 0) is 6.42 Å². The molecule has 4 nitrogen and oxygen atoms in total. The van der Waals surface area contributed by atoms with Gasteiger partial charge in [0.2, 0.25) is 0 Å². The van der Waals surface area contributed by atoms with Gasteiger partial charge in [0.05, 0.1) is 5.01 Å². The number of aromatic nitrogens is 1. The van der Waals surface area contributed by atoms with E-state index in [1.165, 1.54) is 11.3 Å². The van der Waals surface area contributed by atoms with E-state index in [4.69, 9.17) is 5.73 Å². The van der Waals surface area contributed by atoms with E-state index in [-0.39, 0.29) is 5.91 Å². The van der Waals surface area contributed by atoms with E-state index in [1.54, 1.807) is 0 Å². The van der Waals surface area contributed by atoms with E-state index in [0.717, 1.165) is 50.2 Å². The van der Waals surface area contributed by atoms with Crippen molar-refractivity contribution in [2.45, 2.75) is 46.0 Å². The Morgan fingerprint density at radius 1 is 1.32 bits per heavy atom. The number of hydrogen-bond acceptors (Lipinski definition) is 4. The number of carbonyl (C=O) groups excluding carboxylic acids is 1. The molecule has 0 saturated heterocycles. The molecule has 0 atom stereocenters. The van der Waals surface area contributed by atoms with Crippen molar-refractivity contribution < 1.29 is 4.79 Å². The molecule has 0 aliphatic heterocycles. The summed E-state index contributed by atoms with van der Waals surface area (Å²) < 4.78 is 0. The predicted octanol–water partition coefficient (Wildman–Crippen LogP) is 2.69. The average molecular weight is 283 g/mol. The molecule has 1 aromatic heterocycles. The SMILES string of the molecule is CCCCN(CCCC)C(=O)c1csc(CCN)n1. The lowest BCUT2D eigenvalue weighted by molar-refractivity contribution is 0.0745. The third-order valence-electron chi connectivity index (χ3n) is 2.98. The van der Waals surface area contributed by atoms with Crippen molar-refractivity contribution in [2.24, 2.45) is 5.73 Å². The molecule has 2 N–H and O–H groups in total. The molecule has 0 aliphatic carbocycles. The molecule has 0 fully saturated rings. The van der Waals surface area contributed by atoms with E-state index in [0.29, 0.717) is 12.2 Å². The zero-order chi connectivity index (χ0) is 14.1. The molecule has 1 aromatic rings. The van der Waals surface area contributed by atoms with Gasteiger partial charge in [0, 0.05) is 24.9 Å². The van der Waals surface area contributed by atoms with Crippen LogP contribution in [0.15, 0.2) is 5.38 Å². The fraction of sp³-hybridized carbons (Fsp3) is 0.714. The van der Waals surface area contributed by atoms with Crippen LogP contribution in [0.3, 0.4) is 0 Å². The summed E-state index contributed by atoms with van der Waals surface area (Å²) >= 11 is 1.53. The van der Waals surface area contributed by atoms with Gasteiger partial charge in [0.25, 0.3) is 5.91 Å². The van der Waals surface area contributed by atoms with E-state index >= 15 is 0 Å². The van der Waals surface area contributed by atoms with Gasteiger partial charge < -0.3 is 10.6 Å². The van der Waals surface area contributed by atoms with Crippen LogP contribution in [0.2, 0.25) is 0 Å². The van der Waals surface area contributed by atoms with Crippen molar-refractivity contribution in [1.82, 2.24) is 9.88 Å². The zero-order valence-electron chi connectivity index (χ0n) is 12.0. The number of nitrogens with zero attached hydrogens (tertiary/aromatic N) is 2. The van der Waals surface area contributed by atoms with Crippen LogP contribution in [0.5, 0.6) is 0 Å². The zero-order valence-corrected chi connectivity index (χ0v) is 12.8. The molecule has 0 unspecified atom stereocenters. The number of unbranched alkanes of at least 4 members (excludes halogenated alkanes) is 2. The van der Waals surface area contributed by atoms with Crippen molar-refractivity contribution in [2.75, 3.05) is 19.6 Å². The van der Waals surface area contributed by atoms with Gasteiger partial charge in [-0.2, -0.15) is 0 Å². The minimum Gasteiger partial charge on any atom is -0.337 e. The number of hydrogen-bond donors (Lipinski definition) is 1. The Balaban J connectivity index is 2.66. The highest BCUT2D eigenvalue weighted by Crippen LogP contribution is 2.13. The van der Waals surface area contributed by atoms with Gasteiger partial charge in [0.15, 0.2) is 0 Å². The monoisotopic (exact) mass is 283 g/mol. The molecule has 1 heterocycles. The molecule has 1 amide bonds. The first kappa shape index (κ1) is 16.1. The summed E-state index contributed by atoms with van der Waals surface area (Å²) in [5, 5.41) is 2.81. The Labute approximate surface area is 120 Å². The molecule has 0 saturated carbocycles. The smallest absolute Gasteiger partial charge is 0.273 e. The quantitative estimate of drug-likeness (QED) is 0.758. The number of amides is 1. The number of nitrogens with two attached hydrogens (primary N) is 1. The van der Waals surface area contributed by atoms with Crippen molar-refractivity contribution in [3.63, 3.8) is 0 Å². The molecule has 0 radical (unpaired) electrons. The van der Waals surface area contributed by atoms with Crippen LogP contribution >= 0.6 is 11.3 Å². The van der Waals surface area contributed by atoms with E-state index < -0.39 is 0 Å². The van der Waals surface area contributed by atoms with Gasteiger partial charge in [-0.3, -0.25) is 4.79 Å². The van der Waals surface area contributed by atoms with Crippen molar-refractivity contribution in [3.8, 4) is 0 Å². The summed E-state index contributed by atoms with van der Waals surface area (Å²) in [5.74, 6) is 0.0708. The van der Waals surface area contributed by atoms with Crippen molar-refractivity contribution in [1.29, 1.82) is 0 Å².